The highest BCUT2D eigenvalue weighted by Gasteiger charge is 2.21. The van der Waals surface area contributed by atoms with Gasteiger partial charge in [0.25, 0.3) is 0 Å². The van der Waals surface area contributed by atoms with Gasteiger partial charge in [0.1, 0.15) is 0 Å². The van der Waals surface area contributed by atoms with Crippen LogP contribution in [0.25, 0.3) is 0 Å². The predicted octanol–water partition coefficient (Wildman–Crippen LogP) is 3.61. The Bertz CT molecular complexity index is 841. The molecular formula is C24H34N2O5S. The standard InChI is InChI=1S/C24H34N2O5S/c1-5-23(27)25(12-7-14-29-2)18-24(28)26(17-20-8-6-15-32-20)13-11-19-9-10-21(30-3)22(16-19)31-4/h6,8-10,15-16H,5,7,11-14,17-18H2,1-4H3. The molecule has 2 rings (SSSR count). The van der Waals surface area contributed by atoms with E-state index in [-0.39, 0.29) is 18.4 Å². The van der Waals surface area contributed by atoms with Gasteiger partial charge in [-0.25, -0.2) is 0 Å². The van der Waals surface area contributed by atoms with Crippen LogP contribution < -0.4 is 9.47 Å². The summed E-state index contributed by atoms with van der Waals surface area (Å²) in [6, 6.07) is 9.79. The minimum absolute atomic E-state index is 0.0228. The van der Waals surface area contributed by atoms with Gasteiger partial charge in [-0.2, -0.15) is 0 Å². The van der Waals surface area contributed by atoms with Crippen LogP contribution in [0.1, 0.15) is 30.2 Å². The number of carbonyl (C=O) groups excluding carboxylic acids is 2. The van der Waals surface area contributed by atoms with Crippen LogP contribution in [-0.2, 0) is 27.3 Å². The lowest BCUT2D eigenvalue weighted by Crippen LogP contribution is -2.43. The summed E-state index contributed by atoms with van der Waals surface area (Å²) in [5.74, 6) is 1.26. The van der Waals surface area contributed by atoms with Gasteiger partial charge in [0.15, 0.2) is 11.5 Å². The molecule has 0 spiro atoms. The summed E-state index contributed by atoms with van der Waals surface area (Å²) >= 11 is 1.62. The largest absolute Gasteiger partial charge is 0.493 e. The van der Waals surface area contributed by atoms with E-state index in [1.807, 2.05) is 47.5 Å². The van der Waals surface area contributed by atoms with E-state index in [1.54, 1.807) is 37.6 Å². The third-order valence-electron chi connectivity index (χ3n) is 5.16. The number of hydrogen-bond donors (Lipinski definition) is 0. The number of ether oxygens (including phenoxy) is 3. The maximum Gasteiger partial charge on any atom is 0.242 e. The Balaban J connectivity index is 2.11. The van der Waals surface area contributed by atoms with Gasteiger partial charge in [-0.15, -0.1) is 11.3 Å². The first-order chi connectivity index (χ1) is 15.5. The van der Waals surface area contributed by atoms with Crippen LogP contribution in [0, 0.1) is 0 Å². The predicted molar refractivity (Wildman–Crippen MR) is 126 cm³/mol. The Kier molecular flexibility index (Phi) is 11.0. The zero-order valence-electron chi connectivity index (χ0n) is 19.5. The molecule has 0 N–H and O–H groups in total. The van der Waals surface area contributed by atoms with Gasteiger partial charge in [-0.3, -0.25) is 9.59 Å². The molecule has 176 valence electrons. The second-order valence-electron chi connectivity index (χ2n) is 7.35. The third kappa shape index (κ3) is 7.84. The zero-order valence-corrected chi connectivity index (χ0v) is 20.3. The maximum atomic E-state index is 13.2. The lowest BCUT2D eigenvalue weighted by Gasteiger charge is -2.27. The summed E-state index contributed by atoms with van der Waals surface area (Å²) < 4.78 is 15.8. The van der Waals surface area contributed by atoms with Gasteiger partial charge in [0.05, 0.1) is 27.3 Å². The summed E-state index contributed by atoms with van der Waals surface area (Å²) in [5, 5.41) is 2.00. The van der Waals surface area contributed by atoms with Crippen molar-refractivity contribution in [1.82, 2.24) is 9.80 Å². The molecule has 0 radical (unpaired) electrons. The monoisotopic (exact) mass is 462 g/mol. The number of amides is 2. The van der Waals surface area contributed by atoms with Crippen LogP contribution in [0.4, 0.5) is 0 Å². The number of rotatable bonds is 14. The lowest BCUT2D eigenvalue weighted by atomic mass is 10.1. The van der Waals surface area contributed by atoms with Gasteiger partial charge >= 0.3 is 0 Å². The molecule has 0 unspecified atom stereocenters. The normalized spacial score (nSPS) is 10.6. The van der Waals surface area contributed by atoms with E-state index in [0.717, 1.165) is 10.4 Å². The Labute approximate surface area is 194 Å². The number of hydrogen-bond acceptors (Lipinski definition) is 6. The smallest absolute Gasteiger partial charge is 0.242 e. The lowest BCUT2D eigenvalue weighted by molar-refractivity contribution is -0.140. The molecule has 0 saturated heterocycles. The average molecular weight is 463 g/mol. The highest BCUT2D eigenvalue weighted by atomic mass is 32.1. The molecule has 1 heterocycles. The second-order valence-corrected chi connectivity index (χ2v) is 8.38. The van der Waals surface area contributed by atoms with E-state index >= 15 is 0 Å². The van der Waals surface area contributed by atoms with Crippen molar-refractivity contribution < 1.29 is 23.8 Å². The first-order valence-electron chi connectivity index (χ1n) is 10.8. The summed E-state index contributed by atoms with van der Waals surface area (Å²) in [6.07, 6.45) is 1.74. The van der Waals surface area contributed by atoms with Gasteiger partial charge in [0, 0.05) is 38.1 Å². The Morgan fingerprint density at radius 1 is 0.969 bits per heavy atom. The van der Waals surface area contributed by atoms with E-state index in [2.05, 4.69) is 0 Å². The molecule has 1 aromatic carbocycles. The Morgan fingerprint density at radius 2 is 1.75 bits per heavy atom. The first kappa shape index (κ1) is 25.7. The molecule has 0 fully saturated rings. The quantitative estimate of drug-likeness (QED) is 0.401. The molecule has 0 bridgehead atoms. The third-order valence-corrected chi connectivity index (χ3v) is 6.02. The molecule has 0 aliphatic rings. The van der Waals surface area contributed by atoms with Crippen molar-refractivity contribution in [1.29, 1.82) is 0 Å². The molecule has 2 aromatic rings. The van der Waals surface area contributed by atoms with Crippen molar-refractivity contribution in [2.75, 3.05) is 47.6 Å². The van der Waals surface area contributed by atoms with Crippen LogP contribution in [0.15, 0.2) is 35.7 Å². The molecule has 8 heteroatoms. The van der Waals surface area contributed by atoms with Crippen LogP contribution in [0.5, 0.6) is 11.5 Å². The molecule has 7 nitrogen and oxygen atoms in total. The molecule has 0 atom stereocenters. The van der Waals surface area contributed by atoms with E-state index in [0.29, 0.717) is 57.0 Å². The van der Waals surface area contributed by atoms with Crippen LogP contribution in [0.3, 0.4) is 0 Å². The van der Waals surface area contributed by atoms with E-state index < -0.39 is 0 Å². The Morgan fingerprint density at radius 3 is 2.38 bits per heavy atom. The number of methoxy groups -OCH3 is 3. The number of benzene rings is 1. The topological polar surface area (TPSA) is 68.3 Å². The van der Waals surface area contributed by atoms with Crippen molar-refractivity contribution in [3.8, 4) is 11.5 Å². The molecular weight excluding hydrogens is 428 g/mol. The minimum Gasteiger partial charge on any atom is -0.493 e. The van der Waals surface area contributed by atoms with Crippen LogP contribution in [0.2, 0.25) is 0 Å². The van der Waals surface area contributed by atoms with Crippen molar-refractivity contribution in [3.05, 3.63) is 46.2 Å². The summed E-state index contributed by atoms with van der Waals surface area (Å²) in [7, 11) is 4.85. The summed E-state index contributed by atoms with van der Waals surface area (Å²) in [6.45, 7) is 4.02. The van der Waals surface area contributed by atoms with E-state index in [1.165, 1.54) is 0 Å². The fourth-order valence-corrected chi connectivity index (χ4v) is 4.08. The molecule has 0 saturated carbocycles. The van der Waals surface area contributed by atoms with Crippen molar-refractivity contribution in [3.63, 3.8) is 0 Å². The van der Waals surface area contributed by atoms with Crippen LogP contribution >= 0.6 is 11.3 Å². The number of carbonyl (C=O) groups is 2. The molecule has 0 aliphatic heterocycles. The Hall–Kier alpha value is -2.58. The first-order valence-corrected chi connectivity index (χ1v) is 11.7. The second kappa shape index (κ2) is 13.8. The summed E-state index contributed by atoms with van der Waals surface area (Å²) in [4.78, 5) is 30.2. The van der Waals surface area contributed by atoms with E-state index in [9.17, 15) is 9.59 Å². The van der Waals surface area contributed by atoms with Gasteiger partial charge in [-0.05, 0) is 42.0 Å². The van der Waals surface area contributed by atoms with Crippen molar-refractivity contribution in [2.45, 2.75) is 32.7 Å². The molecule has 1 aromatic heterocycles. The van der Waals surface area contributed by atoms with Gasteiger partial charge in [-0.1, -0.05) is 19.1 Å². The molecule has 2 amide bonds. The molecule has 32 heavy (non-hydrogen) atoms. The number of thiophene rings is 1. The van der Waals surface area contributed by atoms with Gasteiger partial charge < -0.3 is 24.0 Å². The van der Waals surface area contributed by atoms with Crippen molar-refractivity contribution in [2.24, 2.45) is 0 Å². The van der Waals surface area contributed by atoms with Crippen molar-refractivity contribution >= 4 is 23.2 Å². The highest BCUT2D eigenvalue weighted by molar-refractivity contribution is 7.09. The molecule has 0 aliphatic carbocycles. The zero-order chi connectivity index (χ0) is 23.3. The fourth-order valence-electron chi connectivity index (χ4n) is 3.36. The number of nitrogens with zero attached hydrogens (tertiary/aromatic N) is 2. The summed E-state index contributed by atoms with van der Waals surface area (Å²) in [5.41, 5.74) is 1.05. The average Bonchev–Trinajstić information content (AvgIpc) is 3.33. The maximum absolute atomic E-state index is 13.2. The highest BCUT2D eigenvalue weighted by Crippen LogP contribution is 2.27. The fraction of sp³-hybridized carbons (Fsp3) is 0.500. The van der Waals surface area contributed by atoms with Crippen LogP contribution in [-0.4, -0.2) is 69.2 Å². The minimum atomic E-state index is -0.0573. The van der Waals surface area contributed by atoms with Gasteiger partial charge in [0.2, 0.25) is 11.8 Å². The van der Waals surface area contributed by atoms with E-state index in [4.69, 9.17) is 14.2 Å². The SMILES string of the molecule is CCC(=O)N(CCCOC)CC(=O)N(CCc1ccc(OC)c(OC)c1)Cc1cccs1.